The van der Waals surface area contributed by atoms with E-state index in [1.165, 1.54) is 16.4 Å². The van der Waals surface area contributed by atoms with E-state index in [0.717, 1.165) is 11.1 Å². The molecule has 0 radical (unpaired) electrons. The zero-order chi connectivity index (χ0) is 20.3. The largest absolute Gasteiger partial charge is 0.294 e. The average Bonchev–Trinajstić information content (AvgIpc) is 3.12. The summed E-state index contributed by atoms with van der Waals surface area (Å²) >= 11 is 0. The van der Waals surface area contributed by atoms with Gasteiger partial charge in [0, 0.05) is 12.5 Å². The first-order valence-corrected chi connectivity index (χ1v) is 10.6. The van der Waals surface area contributed by atoms with E-state index in [2.05, 4.69) is 5.43 Å². The van der Waals surface area contributed by atoms with Gasteiger partial charge in [-0.05, 0) is 56.0 Å². The fraction of sp³-hybridized carbons (Fsp3) is 0.350. The second kappa shape index (κ2) is 8.38. The number of benzene rings is 2. The average molecular weight is 405 g/mol. The molecular weight excluding hydrogens is 381 g/mol. The van der Waals surface area contributed by atoms with Crippen LogP contribution < -0.4 is 11.3 Å². The smallest absolute Gasteiger partial charge is 0.243 e. The number of nitrogens with zero attached hydrogens (tertiary/aromatic N) is 1. The molecule has 150 valence electrons. The van der Waals surface area contributed by atoms with Gasteiger partial charge >= 0.3 is 0 Å². The van der Waals surface area contributed by atoms with Crippen molar-refractivity contribution in [2.24, 2.45) is 5.84 Å². The van der Waals surface area contributed by atoms with Crippen molar-refractivity contribution < 1.29 is 17.6 Å². The van der Waals surface area contributed by atoms with Crippen LogP contribution in [0.25, 0.3) is 0 Å². The van der Waals surface area contributed by atoms with Crippen LogP contribution in [0.15, 0.2) is 53.4 Å². The third-order valence-corrected chi connectivity index (χ3v) is 7.13. The Kier molecular flexibility index (Phi) is 6.12. The van der Waals surface area contributed by atoms with Crippen molar-refractivity contribution >= 4 is 15.9 Å². The molecule has 1 aliphatic heterocycles. The highest BCUT2D eigenvalue weighted by atomic mass is 32.2. The standard InChI is InChI=1S/C20H24FN3O3S/c1-14-2-10-18(11-3-14)28(26,27)24-17(9-13-20(25)23-22)8-12-19(24)15-4-6-16(21)7-5-15/h2-7,10-11,17,19H,8-9,12-13,22H2,1H3,(H,23,25)/t17-,19+/m1/s1. The summed E-state index contributed by atoms with van der Waals surface area (Å²) in [7, 11) is -3.79. The zero-order valence-corrected chi connectivity index (χ0v) is 16.5. The monoisotopic (exact) mass is 405 g/mol. The van der Waals surface area contributed by atoms with Crippen LogP contribution in [0, 0.1) is 12.7 Å². The molecule has 0 aliphatic carbocycles. The Morgan fingerprint density at radius 3 is 2.39 bits per heavy atom. The summed E-state index contributed by atoms with van der Waals surface area (Å²) < 4.78 is 41.7. The Morgan fingerprint density at radius 1 is 1.14 bits per heavy atom. The maximum atomic E-state index is 13.4. The van der Waals surface area contributed by atoms with Crippen LogP contribution in [-0.4, -0.2) is 24.7 Å². The second-order valence-corrected chi connectivity index (χ2v) is 8.90. The van der Waals surface area contributed by atoms with Gasteiger partial charge in [-0.2, -0.15) is 4.31 Å². The third-order valence-electron chi connectivity index (χ3n) is 5.16. The number of carbonyl (C=O) groups is 1. The number of hydrogen-bond acceptors (Lipinski definition) is 4. The number of hydrogen-bond donors (Lipinski definition) is 2. The Morgan fingerprint density at radius 2 is 1.79 bits per heavy atom. The summed E-state index contributed by atoms with van der Waals surface area (Å²) in [6.45, 7) is 1.89. The third kappa shape index (κ3) is 4.24. The summed E-state index contributed by atoms with van der Waals surface area (Å²) in [5.74, 6) is 4.44. The molecule has 6 nitrogen and oxygen atoms in total. The van der Waals surface area contributed by atoms with Gasteiger partial charge in [0.15, 0.2) is 0 Å². The fourth-order valence-electron chi connectivity index (χ4n) is 3.69. The van der Waals surface area contributed by atoms with Gasteiger partial charge in [0.25, 0.3) is 0 Å². The molecular formula is C20H24FN3O3S. The number of sulfonamides is 1. The number of amides is 1. The topological polar surface area (TPSA) is 92.5 Å². The van der Waals surface area contributed by atoms with Crippen molar-refractivity contribution in [1.29, 1.82) is 0 Å². The molecule has 1 heterocycles. The summed E-state index contributed by atoms with van der Waals surface area (Å²) in [6, 6.07) is 11.9. The van der Waals surface area contributed by atoms with Crippen LogP contribution in [0.1, 0.15) is 42.9 Å². The number of nitrogens with one attached hydrogen (secondary N) is 1. The summed E-state index contributed by atoms with van der Waals surface area (Å²) in [5, 5.41) is 0. The normalized spacial score (nSPS) is 20.2. The minimum absolute atomic E-state index is 0.136. The Bertz CT molecular complexity index is 930. The number of halogens is 1. The SMILES string of the molecule is Cc1ccc(S(=O)(=O)N2[C@@H](CCC(=O)NN)CC[C@H]2c2ccc(F)cc2)cc1. The van der Waals surface area contributed by atoms with Gasteiger partial charge in [0.2, 0.25) is 15.9 Å². The van der Waals surface area contributed by atoms with Gasteiger partial charge in [-0.25, -0.2) is 18.7 Å². The minimum atomic E-state index is -3.79. The molecule has 3 rings (SSSR count). The first-order chi connectivity index (χ1) is 13.3. The van der Waals surface area contributed by atoms with Crippen molar-refractivity contribution in [3.05, 3.63) is 65.5 Å². The molecule has 1 fully saturated rings. The van der Waals surface area contributed by atoms with Gasteiger partial charge in [-0.3, -0.25) is 10.2 Å². The molecule has 1 amide bonds. The van der Waals surface area contributed by atoms with Crippen LogP contribution in [0.5, 0.6) is 0 Å². The molecule has 0 saturated carbocycles. The van der Waals surface area contributed by atoms with Crippen molar-refractivity contribution in [2.75, 3.05) is 0 Å². The van der Waals surface area contributed by atoms with E-state index < -0.39 is 16.1 Å². The fourth-order valence-corrected chi connectivity index (χ4v) is 5.58. The lowest BCUT2D eigenvalue weighted by Gasteiger charge is -2.30. The number of hydrazine groups is 1. The predicted molar refractivity (Wildman–Crippen MR) is 104 cm³/mol. The highest BCUT2D eigenvalue weighted by Crippen LogP contribution is 2.42. The highest BCUT2D eigenvalue weighted by Gasteiger charge is 2.42. The summed E-state index contributed by atoms with van der Waals surface area (Å²) in [4.78, 5) is 11.8. The predicted octanol–water partition coefficient (Wildman–Crippen LogP) is 2.80. The quantitative estimate of drug-likeness (QED) is 0.439. The molecule has 2 aromatic rings. The molecule has 28 heavy (non-hydrogen) atoms. The molecule has 1 saturated heterocycles. The van der Waals surface area contributed by atoms with E-state index in [-0.39, 0.29) is 29.1 Å². The minimum Gasteiger partial charge on any atom is -0.294 e. The molecule has 0 aromatic heterocycles. The lowest BCUT2D eigenvalue weighted by Crippen LogP contribution is -2.38. The van der Waals surface area contributed by atoms with Crippen LogP contribution in [0.3, 0.4) is 0 Å². The van der Waals surface area contributed by atoms with Crippen molar-refractivity contribution in [1.82, 2.24) is 9.73 Å². The first kappa shape index (κ1) is 20.4. The van der Waals surface area contributed by atoms with Gasteiger partial charge in [0.05, 0.1) is 10.9 Å². The van der Waals surface area contributed by atoms with E-state index in [1.807, 2.05) is 6.92 Å². The van der Waals surface area contributed by atoms with Crippen molar-refractivity contribution in [2.45, 2.75) is 49.6 Å². The van der Waals surface area contributed by atoms with Crippen LogP contribution in [0.4, 0.5) is 4.39 Å². The molecule has 0 unspecified atom stereocenters. The Hall–Kier alpha value is -2.29. The molecule has 1 aliphatic rings. The van der Waals surface area contributed by atoms with E-state index in [4.69, 9.17) is 5.84 Å². The van der Waals surface area contributed by atoms with E-state index in [9.17, 15) is 17.6 Å². The van der Waals surface area contributed by atoms with E-state index in [0.29, 0.717) is 19.3 Å². The van der Waals surface area contributed by atoms with Gasteiger partial charge < -0.3 is 0 Å². The molecule has 2 aromatic carbocycles. The number of carbonyl (C=O) groups excluding carboxylic acids is 1. The number of aryl methyl sites for hydroxylation is 1. The first-order valence-electron chi connectivity index (χ1n) is 9.18. The van der Waals surface area contributed by atoms with Crippen LogP contribution in [0.2, 0.25) is 0 Å². The van der Waals surface area contributed by atoms with Crippen molar-refractivity contribution in [3.63, 3.8) is 0 Å². The van der Waals surface area contributed by atoms with Gasteiger partial charge in [-0.15, -0.1) is 0 Å². The highest BCUT2D eigenvalue weighted by molar-refractivity contribution is 7.89. The number of nitrogens with two attached hydrogens (primary N) is 1. The zero-order valence-electron chi connectivity index (χ0n) is 15.6. The second-order valence-electron chi connectivity index (χ2n) is 7.05. The van der Waals surface area contributed by atoms with E-state index >= 15 is 0 Å². The van der Waals surface area contributed by atoms with Crippen LogP contribution >= 0.6 is 0 Å². The Balaban J connectivity index is 1.97. The maximum Gasteiger partial charge on any atom is 0.243 e. The summed E-state index contributed by atoms with van der Waals surface area (Å²) in [6.07, 6.45) is 1.72. The maximum absolute atomic E-state index is 13.4. The lowest BCUT2D eigenvalue weighted by molar-refractivity contribution is -0.121. The van der Waals surface area contributed by atoms with Crippen LogP contribution in [-0.2, 0) is 14.8 Å². The molecule has 0 bridgehead atoms. The molecule has 0 spiro atoms. The lowest BCUT2D eigenvalue weighted by atomic mass is 10.0. The molecule has 3 N–H and O–H groups in total. The molecule has 8 heteroatoms. The number of rotatable bonds is 6. The van der Waals surface area contributed by atoms with E-state index in [1.54, 1.807) is 36.4 Å². The van der Waals surface area contributed by atoms with Gasteiger partial charge in [0.1, 0.15) is 5.82 Å². The van der Waals surface area contributed by atoms with Crippen molar-refractivity contribution in [3.8, 4) is 0 Å². The molecule has 2 atom stereocenters. The Labute approximate surface area is 164 Å². The van der Waals surface area contributed by atoms with Gasteiger partial charge in [-0.1, -0.05) is 29.8 Å². The summed E-state index contributed by atoms with van der Waals surface area (Å²) in [5.41, 5.74) is 3.78.